The lowest BCUT2D eigenvalue weighted by molar-refractivity contribution is 0.0698. The van der Waals surface area contributed by atoms with E-state index in [0.29, 0.717) is 5.56 Å². The molecule has 2 rings (SSSR count). The number of nitrogens with one attached hydrogen (secondary N) is 2. The number of nitrogens with zero attached hydrogens (tertiary/aromatic N) is 2. The Morgan fingerprint density at radius 1 is 1.10 bits per heavy atom. The number of rotatable bonds is 3. The number of carboxylic acid groups (broad SMARTS) is 1. The number of carboxylic acids is 1. The van der Waals surface area contributed by atoms with Gasteiger partial charge in [0.05, 0.1) is 11.3 Å². The molecule has 0 atom stereocenters. The Kier molecular flexibility index (Phi) is 4.13. The first-order valence-electron chi connectivity index (χ1n) is 6.17. The van der Waals surface area contributed by atoms with Gasteiger partial charge in [-0.3, -0.25) is 5.32 Å². The number of amides is 2. The van der Waals surface area contributed by atoms with Gasteiger partial charge >= 0.3 is 12.0 Å². The third kappa shape index (κ3) is 3.53. The van der Waals surface area contributed by atoms with Crippen LogP contribution in [0.1, 0.15) is 21.5 Å². The van der Waals surface area contributed by atoms with Crippen molar-refractivity contribution >= 4 is 23.6 Å². The Labute approximate surface area is 121 Å². The molecule has 2 aromatic rings. The quantitative estimate of drug-likeness (QED) is 0.803. The SMILES string of the molecule is Cc1cc(C)c(NC(=O)Nc2ncccn2)c(C(=O)O)c1. The van der Waals surface area contributed by atoms with Crippen LogP contribution in [0.25, 0.3) is 0 Å². The van der Waals surface area contributed by atoms with Gasteiger partial charge in [-0.05, 0) is 37.1 Å². The van der Waals surface area contributed by atoms with Crippen LogP contribution in [0.3, 0.4) is 0 Å². The molecule has 0 aliphatic heterocycles. The maximum atomic E-state index is 11.9. The minimum Gasteiger partial charge on any atom is -0.478 e. The van der Waals surface area contributed by atoms with Crippen LogP contribution in [0.2, 0.25) is 0 Å². The molecule has 21 heavy (non-hydrogen) atoms. The zero-order valence-electron chi connectivity index (χ0n) is 11.5. The molecule has 1 heterocycles. The minimum absolute atomic E-state index is 0.0385. The van der Waals surface area contributed by atoms with Crippen molar-refractivity contribution in [1.29, 1.82) is 0 Å². The summed E-state index contributed by atoms with van der Waals surface area (Å²) >= 11 is 0. The number of urea groups is 1. The molecule has 7 nitrogen and oxygen atoms in total. The fourth-order valence-corrected chi connectivity index (χ4v) is 1.91. The molecule has 0 saturated carbocycles. The second kappa shape index (κ2) is 6.00. The van der Waals surface area contributed by atoms with Crippen molar-refractivity contribution < 1.29 is 14.7 Å². The lowest BCUT2D eigenvalue weighted by Gasteiger charge is -2.13. The van der Waals surface area contributed by atoms with E-state index in [0.717, 1.165) is 5.56 Å². The maximum Gasteiger partial charge on any atom is 0.337 e. The summed E-state index contributed by atoms with van der Waals surface area (Å²) in [5, 5.41) is 14.2. The van der Waals surface area contributed by atoms with Crippen molar-refractivity contribution in [2.24, 2.45) is 0 Å². The zero-order valence-corrected chi connectivity index (χ0v) is 11.5. The normalized spacial score (nSPS) is 10.0. The van der Waals surface area contributed by atoms with Gasteiger partial charge in [-0.15, -0.1) is 0 Å². The van der Waals surface area contributed by atoms with Gasteiger partial charge in [-0.1, -0.05) is 6.07 Å². The van der Waals surface area contributed by atoms with Crippen LogP contribution in [0.15, 0.2) is 30.6 Å². The van der Waals surface area contributed by atoms with E-state index in [2.05, 4.69) is 20.6 Å². The second-order valence-corrected chi connectivity index (χ2v) is 4.46. The molecule has 7 heteroatoms. The molecule has 0 aliphatic rings. The van der Waals surface area contributed by atoms with Gasteiger partial charge in [0.15, 0.2) is 0 Å². The predicted molar refractivity (Wildman–Crippen MR) is 77.5 cm³/mol. The predicted octanol–water partition coefficient (Wildman–Crippen LogP) is 2.44. The summed E-state index contributed by atoms with van der Waals surface area (Å²) in [5.41, 5.74) is 1.76. The summed E-state index contributed by atoms with van der Waals surface area (Å²) in [6, 6.07) is 4.32. The van der Waals surface area contributed by atoms with Crippen LogP contribution in [0.5, 0.6) is 0 Å². The number of aromatic carboxylic acids is 1. The number of carbonyl (C=O) groups excluding carboxylic acids is 1. The number of anilines is 2. The van der Waals surface area contributed by atoms with Crippen molar-refractivity contribution in [2.45, 2.75) is 13.8 Å². The number of hydrogen-bond acceptors (Lipinski definition) is 4. The van der Waals surface area contributed by atoms with Gasteiger partial charge in [0.25, 0.3) is 0 Å². The van der Waals surface area contributed by atoms with E-state index in [1.165, 1.54) is 18.5 Å². The van der Waals surface area contributed by atoms with Crippen molar-refractivity contribution in [3.05, 3.63) is 47.3 Å². The second-order valence-electron chi connectivity index (χ2n) is 4.46. The molecule has 108 valence electrons. The van der Waals surface area contributed by atoms with Gasteiger partial charge in [0, 0.05) is 12.4 Å². The van der Waals surface area contributed by atoms with Crippen LogP contribution in [-0.2, 0) is 0 Å². The fourth-order valence-electron chi connectivity index (χ4n) is 1.91. The summed E-state index contributed by atoms with van der Waals surface area (Å²) in [6.07, 6.45) is 2.98. The monoisotopic (exact) mass is 286 g/mol. The Bertz CT molecular complexity index is 686. The van der Waals surface area contributed by atoms with Gasteiger partial charge in [0.1, 0.15) is 0 Å². The highest BCUT2D eigenvalue weighted by atomic mass is 16.4. The van der Waals surface area contributed by atoms with Crippen molar-refractivity contribution in [3.63, 3.8) is 0 Å². The average Bonchev–Trinajstić information content (AvgIpc) is 2.42. The largest absolute Gasteiger partial charge is 0.478 e. The molecule has 2 amide bonds. The Morgan fingerprint density at radius 3 is 2.38 bits per heavy atom. The van der Waals surface area contributed by atoms with Gasteiger partial charge in [0.2, 0.25) is 5.95 Å². The smallest absolute Gasteiger partial charge is 0.337 e. The zero-order chi connectivity index (χ0) is 15.4. The first-order chi connectivity index (χ1) is 9.97. The highest BCUT2D eigenvalue weighted by molar-refractivity contribution is 6.04. The highest BCUT2D eigenvalue weighted by Gasteiger charge is 2.16. The molecule has 0 saturated heterocycles. The standard InChI is InChI=1S/C14H14N4O3/c1-8-6-9(2)11(10(7-8)12(19)20)17-14(21)18-13-15-4-3-5-16-13/h3-7H,1-2H3,(H,19,20)(H2,15,16,17,18,21). The Balaban J connectivity index is 2.23. The van der Waals surface area contributed by atoms with Crippen LogP contribution in [0, 0.1) is 13.8 Å². The number of carbonyl (C=O) groups is 2. The van der Waals surface area contributed by atoms with E-state index < -0.39 is 12.0 Å². The molecule has 1 aromatic heterocycles. The van der Waals surface area contributed by atoms with E-state index in [-0.39, 0.29) is 17.2 Å². The fraction of sp³-hybridized carbons (Fsp3) is 0.143. The highest BCUT2D eigenvalue weighted by Crippen LogP contribution is 2.23. The first kappa shape index (κ1) is 14.4. The van der Waals surface area contributed by atoms with Crippen LogP contribution in [-0.4, -0.2) is 27.1 Å². The van der Waals surface area contributed by atoms with E-state index >= 15 is 0 Å². The van der Waals surface area contributed by atoms with E-state index in [1.54, 1.807) is 26.0 Å². The lowest BCUT2D eigenvalue weighted by atomic mass is 10.0. The summed E-state index contributed by atoms with van der Waals surface area (Å²) in [6.45, 7) is 3.52. The average molecular weight is 286 g/mol. The lowest BCUT2D eigenvalue weighted by Crippen LogP contribution is -2.23. The number of aromatic nitrogens is 2. The maximum absolute atomic E-state index is 11.9. The van der Waals surface area contributed by atoms with Crippen molar-refractivity contribution in [1.82, 2.24) is 9.97 Å². The van der Waals surface area contributed by atoms with Crippen LogP contribution >= 0.6 is 0 Å². The van der Waals surface area contributed by atoms with Crippen molar-refractivity contribution in [2.75, 3.05) is 10.6 Å². The minimum atomic E-state index is -1.10. The third-order valence-electron chi connectivity index (χ3n) is 2.74. The molecule has 1 aromatic carbocycles. The molecular weight excluding hydrogens is 272 g/mol. The van der Waals surface area contributed by atoms with E-state index in [4.69, 9.17) is 0 Å². The van der Waals surface area contributed by atoms with Crippen LogP contribution < -0.4 is 10.6 Å². The third-order valence-corrected chi connectivity index (χ3v) is 2.74. The van der Waals surface area contributed by atoms with Gasteiger partial charge in [-0.2, -0.15) is 0 Å². The summed E-state index contributed by atoms with van der Waals surface area (Å²) in [7, 11) is 0. The van der Waals surface area contributed by atoms with Gasteiger partial charge < -0.3 is 10.4 Å². The van der Waals surface area contributed by atoms with E-state index in [9.17, 15) is 14.7 Å². The van der Waals surface area contributed by atoms with Crippen LogP contribution in [0.4, 0.5) is 16.4 Å². The molecular formula is C14H14N4O3. The van der Waals surface area contributed by atoms with E-state index in [1.807, 2.05) is 0 Å². The summed E-state index contributed by atoms with van der Waals surface area (Å²) < 4.78 is 0. The molecule has 0 aliphatic carbocycles. The first-order valence-corrected chi connectivity index (χ1v) is 6.17. The number of benzene rings is 1. The van der Waals surface area contributed by atoms with Crippen molar-refractivity contribution in [3.8, 4) is 0 Å². The molecule has 0 spiro atoms. The number of aryl methyl sites for hydroxylation is 2. The van der Waals surface area contributed by atoms with Gasteiger partial charge in [-0.25, -0.2) is 19.6 Å². The molecule has 0 unspecified atom stereocenters. The molecule has 0 bridgehead atoms. The Hall–Kier alpha value is -2.96. The summed E-state index contributed by atoms with van der Waals surface area (Å²) in [5.74, 6) is -0.968. The number of hydrogen-bond donors (Lipinski definition) is 3. The summed E-state index contributed by atoms with van der Waals surface area (Å²) in [4.78, 5) is 30.9. The Morgan fingerprint density at radius 2 is 1.76 bits per heavy atom. The molecule has 0 radical (unpaired) electrons. The topological polar surface area (TPSA) is 104 Å². The molecule has 0 fully saturated rings. The molecule has 3 N–H and O–H groups in total.